The molecule has 0 saturated heterocycles. The van der Waals surface area contributed by atoms with Crippen LogP contribution in [-0.4, -0.2) is 9.97 Å². The van der Waals surface area contributed by atoms with E-state index in [0.717, 1.165) is 22.2 Å². The highest BCUT2D eigenvalue weighted by atomic mass is 16.5. The molecule has 0 aliphatic rings. The third-order valence-electron chi connectivity index (χ3n) is 3.04. The molecule has 4 nitrogen and oxygen atoms in total. The van der Waals surface area contributed by atoms with Crippen LogP contribution >= 0.6 is 0 Å². The zero-order chi connectivity index (χ0) is 14.1. The van der Waals surface area contributed by atoms with E-state index >= 15 is 0 Å². The van der Waals surface area contributed by atoms with Gasteiger partial charge in [0.25, 0.3) is 0 Å². The highest BCUT2D eigenvalue weighted by Crippen LogP contribution is 2.30. The number of fused-ring (bicyclic) bond motifs is 1. The van der Waals surface area contributed by atoms with Crippen molar-refractivity contribution in [1.82, 2.24) is 9.97 Å². The summed E-state index contributed by atoms with van der Waals surface area (Å²) in [5.74, 6) is 1.07. The molecule has 0 atom stereocenters. The maximum atomic E-state index is 5.94. The molecule has 4 heteroatoms. The highest BCUT2D eigenvalue weighted by molar-refractivity contribution is 5.84. The Labute approximate surface area is 117 Å². The quantitative estimate of drug-likeness (QED) is 0.768. The van der Waals surface area contributed by atoms with Gasteiger partial charge >= 0.3 is 0 Å². The lowest BCUT2D eigenvalue weighted by Crippen LogP contribution is -1.97. The third-order valence-corrected chi connectivity index (χ3v) is 3.04. The second kappa shape index (κ2) is 4.81. The number of hydrogen-bond acceptors (Lipinski definition) is 4. The summed E-state index contributed by atoms with van der Waals surface area (Å²) in [6.07, 6.45) is 1.73. The van der Waals surface area contributed by atoms with Crippen LogP contribution in [0.1, 0.15) is 11.3 Å². The molecule has 20 heavy (non-hydrogen) atoms. The van der Waals surface area contributed by atoms with Crippen LogP contribution in [0.15, 0.2) is 42.6 Å². The van der Waals surface area contributed by atoms with Gasteiger partial charge in [0.15, 0.2) is 5.75 Å². The Morgan fingerprint density at radius 3 is 2.75 bits per heavy atom. The molecule has 100 valence electrons. The fourth-order valence-corrected chi connectivity index (χ4v) is 2.07. The van der Waals surface area contributed by atoms with E-state index in [4.69, 9.17) is 10.5 Å². The molecule has 0 unspecified atom stereocenters. The predicted molar refractivity (Wildman–Crippen MR) is 79.9 cm³/mol. The van der Waals surface area contributed by atoms with Gasteiger partial charge in [-0.15, -0.1) is 0 Å². The van der Waals surface area contributed by atoms with Gasteiger partial charge in [0, 0.05) is 17.3 Å². The van der Waals surface area contributed by atoms with E-state index in [-0.39, 0.29) is 0 Å². The van der Waals surface area contributed by atoms with E-state index < -0.39 is 0 Å². The molecular weight excluding hydrogens is 250 g/mol. The lowest BCUT2D eigenvalue weighted by atomic mass is 10.2. The maximum Gasteiger partial charge on any atom is 0.242 e. The zero-order valence-corrected chi connectivity index (χ0v) is 11.4. The van der Waals surface area contributed by atoms with Gasteiger partial charge < -0.3 is 10.5 Å². The molecule has 0 bridgehead atoms. The van der Waals surface area contributed by atoms with Crippen LogP contribution < -0.4 is 10.5 Å². The van der Waals surface area contributed by atoms with E-state index in [9.17, 15) is 0 Å². The van der Waals surface area contributed by atoms with Crippen LogP contribution in [0.4, 0.5) is 5.69 Å². The molecule has 1 aromatic carbocycles. The van der Waals surface area contributed by atoms with Crippen molar-refractivity contribution in [1.29, 1.82) is 0 Å². The molecule has 0 spiro atoms. The molecule has 2 aromatic heterocycles. The molecule has 0 aliphatic heterocycles. The average Bonchev–Trinajstić information content (AvgIpc) is 2.42. The van der Waals surface area contributed by atoms with E-state index in [0.29, 0.717) is 17.3 Å². The average molecular weight is 265 g/mol. The normalized spacial score (nSPS) is 10.7. The van der Waals surface area contributed by atoms with Crippen molar-refractivity contribution >= 4 is 16.6 Å². The third kappa shape index (κ3) is 2.28. The summed E-state index contributed by atoms with van der Waals surface area (Å²) in [6, 6.07) is 11.6. The van der Waals surface area contributed by atoms with E-state index in [1.807, 2.05) is 50.2 Å². The lowest BCUT2D eigenvalue weighted by Gasteiger charge is -2.10. The number of pyridine rings is 2. The molecule has 0 saturated carbocycles. The molecule has 2 N–H and O–H groups in total. The monoisotopic (exact) mass is 265 g/mol. The van der Waals surface area contributed by atoms with E-state index in [1.165, 1.54) is 0 Å². The van der Waals surface area contributed by atoms with Gasteiger partial charge in [-0.25, -0.2) is 9.97 Å². The van der Waals surface area contributed by atoms with Crippen molar-refractivity contribution in [3.05, 3.63) is 53.9 Å². The number of benzene rings is 1. The number of rotatable bonds is 2. The van der Waals surface area contributed by atoms with Gasteiger partial charge in [0.05, 0.1) is 5.69 Å². The van der Waals surface area contributed by atoms with Crippen LogP contribution in [-0.2, 0) is 0 Å². The Bertz CT molecular complexity index is 784. The molecule has 3 aromatic rings. The fraction of sp³-hybridized carbons (Fsp3) is 0.125. The topological polar surface area (TPSA) is 61.0 Å². The first-order valence-electron chi connectivity index (χ1n) is 6.40. The number of ether oxygens (including phenoxy) is 1. The van der Waals surface area contributed by atoms with E-state index in [2.05, 4.69) is 9.97 Å². The van der Waals surface area contributed by atoms with Crippen LogP contribution in [0.25, 0.3) is 10.9 Å². The fourth-order valence-electron chi connectivity index (χ4n) is 2.07. The molecule has 0 radical (unpaired) electrons. The predicted octanol–water partition coefficient (Wildman–Crippen LogP) is 3.62. The first kappa shape index (κ1) is 12.4. The Morgan fingerprint density at radius 2 is 1.95 bits per heavy atom. The Morgan fingerprint density at radius 1 is 1.10 bits per heavy atom. The van der Waals surface area contributed by atoms with Gasteiger partial charge in [-0.2, -0.15) is 0 Å². The number of nitrogens with two attached hydrogens (primary N) is 1. The van der Waals surface area contributed by atoms with Crippen molar-refractivity contribution in [2.45, 2.75) is 13.8 Å². The smallest absolute Gasteiger partial charge is 0.242 e. The van der Waals surface area contributed by atoms with Gasteiger partial charge in [0.1, 0.15) is 5.52 Å². The van der Waals surface area contributed by atoms with Crippen LogP contribution in [0.5, 0.6) is 11.6 Å². The number of para-hydroxylation sites is 1. The van der Waals surface area contributed by atoms with Crippen LogP contribution in [0.2, 0.25) is 0 Å². The Balaban J connectivity index is 2.08. The van der Waals surface area contributed by atoms with Crippen LogP contribution in [0.3, 0.4) is 0 Å². The molecule has 3 rings (SSSR count). The van der Waals surface area contributed by atoms with Crippen molar-refractivity contribution in [2.24, 2.45) is 0 Å². The first-order valence-corrected chi connectivity index (χ1v) is 6.40. The zero-order valence-electron chi connectivity index (χ0n) is 11.4. The second-order valence-corrected chi connectivity index (χ2v) is 4.79. The standard InChI is InChI=1S/C16H15N3O/c1-10-8-13(17)16(18-9-10)20-14-5-3-4-12-7-6-11(2)19-15(12)14/h3-9H,17H2,1-2H3. The number of nitrogen functional groups attached to an aromatic ring is 1. The maximum absolute atomic E-state index is 5.94. The molecule has 0 fully saturated rings. The summed E-state index contributed by atoms with van der Waals surface area (Å²) in [5, 5.41) is 1.03. The molecule has 2 heterocycles. The lowest BCUT2D eigenvalue weighted by molar-refractivity contribution is 0.469. The number of aryl methyl sites for hydroxylation is 2. The minimum Gasteiger partial charge on any atom is -0.435 e. The van der Waals surface area contributed by atoms with Gasteiger partial charge in [-0.05, 0) is 37.6 Å². The summed E-state index contributed by atoms with van der Waals surface area (Å²) in [7, 11) is 0. The summed E-state index contributed by atoms with van der Waals surface area (Å²) >= 11 is 0. The van der Waals surface area contributed by atoms with Gasteiger partial charge in [-0.1, -0.05) is 18.2 Å². The second-order valence-electron chi connectivity index (χ2n) is 4.79. The van der Waals surface area contributed by atoms with Crippen molar-refractivity contribution < 1.29 is 4.74 Å². The summed E-state index contributed by atoms with van der Waals surface area (Å²) in [4.78, 5) is 8.75. The van der Waals surface area contributed by atoms with Crippen molar-refractivity contribution in [3.8, 4) is 11.6 Å². The molecule has 0 amide bonds. The molecule has 0 aliphatic carbocycles. The number of nitrogens with zero attached hydrogens (tertiary/aromatic N) is 2. The summed E-state index contributed by atoms with van der Waals surface area (Å²) in [6.45, 7) is 3.89. The minimum absolute atomic E-state index is 0.409. The minimum atomic E-state index is 0.409. The highest BCUT2D eigenvalue weighted by Gasteiger charge is 2.08. The number of anilines is 1. The SMILES string of the molecule is Cc1cnc(Oc2cccc3ccc(C)nc23)c(N)c1. The number of aromatic nitrogens is 2. The Hall–Kier alpha value is -2.62. The summed E-state index contributed by atoms with van der Waals surface area (Å²) < 4.78 is 5.83. The van der Waals surface area contributed by atoms with E-state index in [1.54, 1.807) is 6.20 Å². The first-order chi connectivity index (χ1) is 9.63. The van der Waals surface area contributed by atoms with Gasteiger partial charge in [0.2, 0.25) is 5.88 Å². The number of hydrogen-bond donors (Lipinski definition) is 1. The van der Waals surface area contributed by atoms with Crippen LogP contribution in [0, 0.1) is 13.8 Å². The van der Waals surface area contributed by atoms with Gasteiger partial charge in [-0.3, -0.25) is 0 Å². The molecular formula is C16H15N3O. The summed E-state index contributed by atoms with van der Waals surface area (Å²) in [5.41, 5.74) is 9.22. The Kier molecular flexibility index (Phi) is 2.99. The largest absolute Gasteiger partial charge is 0.435 e. The van der Waals surface area contributed by atoms with Crippen molar-refractivity contribution in [3.63, 3.8) is 0 Å². The van der Waals surface area contributed by atoms with Crippen molar-refractivity contribution in [2.75, 3.05) is 5.73 Å².